The lowest BCUT2D eigenvalue weighted by atomic mass is 9.33. The van der Waals surface area contributed by atoms with Gasteiger partial charge < -0.3 is 33.2 Å². The Morgan fingerprint density at radius 1 is 0.767 bits per heavy atom. The number of methoxy groups -OCH3 is 1. The number of alkyl halides is 3. The zero-order chi connectivity index (χ0) is 44.6. The van der Waals surface area contributed by atoms with E-state index in [-0.39, 0.29) is 40.2 Å². The Kier molecular flexibility index (Phi) is 13.0. The van der Waals surface area contributed by atoms with Gasteiger partial charge in [-0.3, -0.25) is 19.2 Å². The van der Waals surface area contributed by atoms with Crippen LogP contribution in [0.5, 0.6) is 0 Å². The van der Waals surface area contributed by atoms with Gasteiger partial charge in [-0.05, 0) is 116 Å². The lowest BCUT2D eigenvalue weighted by Gasteiger charge is -2.71. The molecular weight excluding hydrogens is 839 g/mol. The number of ether oxygens (including phenoxy) is 7. The van der Waals surface area contributed by atoms with E-state index < -0.39 is 75.3 Å². The third-order valence-electron chi connectivity index (χ3n) is 16.9. The van der Waals surface area contributed by atoms with E-state index in [0.29, 0.717) is 18.3 Å². The molecule has 0 amide bonds. The van der Waals surface area contributed by atoms with Crippen LogP contribution in [0.25, 0.3) is 0 Å². The van der Waals surface area contributed by atoms with Crippen molar-refractivity contribution in [2.45, 2.75) is 174 Å². The Hall–Kier alpha value is -2.12. The van der Waals surface area contributed by atoms with Crippen LogP contribution in [-0.4, -0.2) is 84.2 Å². The van der Waals surface area contributed by atoms with Crippen molar-refractivity contribution in [3.8, 4) is 0 Å². The third-order valence-corrected chi connectivity index (χ3v) is 17.3. The zero-order valence-corrected chi connectivity index (χ0v) is 39.4. The molecule has 1 heterocycles. The average molecular weight is 904 g/mol. The molecule has 1 aliphatic heterocycles. The predicted molar refractivity (Wildman–Crippen MR) is 222 cm³/mol. The van der Waals surface area contributed by atoms with Gasteiger partial charge in [-0.25, -0.2) is 4.79 Å². The molecule has 0 unspecified atom stereocenters. The summed E-state index contributed by atoms with van der Waals surface area (Å²) in [5, 5.41) is 0. The first-order valence-electron chi connectivity index (χ1n) is 21.5. The minimum Gasteiger partial charge on any atom is -0.469 e. The maximum absolute atomic E-state index is 13.2. The van der Waals surface area contributed by atoms with Gasteiger partial charge in [0, 0.05) is 20.8 Å². The first-order valence-corrected chi connectivity index (χ1v) is 22.7. The van der Waals surface area contributed by atoms with E-state index in [0.717, 1.165) is 71.6 Å². The number of fused-ring (bicyclic) bond motifs is 7. The van der Waals surface area contributed by atoms with Gasteiger partial charge >= 0.3 is 29.8 Å². The monoisotopic (exact) mass is 902 g/mol. The second-order valence-corrected chi connectivity index (χ2v) is 22.9. The second kappa shape index (κ2) is 16.5. The number of rotatable bonds is 8. The van der Waals surface area contributed by atoms with Crippen LogP contribution >= 0.6 is 34.8 Å². The molecule has 1 saturated heterocycles. The third kappa shape index (κ3) is 8.13. The maximum Gasteiger partial charge on any atom is 0.359 e. The van der Waals surface area contributed by atoms with Gasteiger partial charge in [0.25, 0.3) is 3.79 Å². The van der Waals surface area contributed by atoms with E-state index in [1.54, 1.807) is 5.57 Å². The van der Waals surface area contributed by atoms with Crippen molar-refractivity contribution < 1.29 is 57.1 Å². The van der Waals surface area contributed by atoms with Crippen LogP contribution in [0.4, 0.5) is 0 Å². The van der Waals surface area contributed by atoms with Crippen LogP contribution in [-0.2, 0) is 57.1 Å². The largest absolute Gasteiger partial charge is 0.469 e. The van der Waals surface area contributed by atoms with Crippen molar-refractivity contribution in [2.24, 2.45) is 50.2 Å². The highest BCUT2D eigenvalue weighted by molar-refractivity contribution is 6.75. The van der Waals surface area contributed by atoms with Crippen LogP contribution in [0.15, 0.2) is 11.6 Å². The lowest BCUT2D eigenvalue weighted by molar-refractivity contribution is -0.333. The number of carbonyl (C=O) groups excluding carboxylic acids is 5. The number of esters is 5. The molecule has 0 aromatic carbocycles. The summed E-state index contributed by atoms with van der Waals surface area (Å²) in [4.78, 5) is 63.2. The first kappa shape index (κ1) is 47.4. The number of hydrogen-bond donors (Lipinski definition) is 0. The van der Waals surface area contributed by atoms with E-state index in [2.05, 4.69) is 54.5 Å². The fraction of sp³-hybridized carbons (Fsp3) is 0.844. The molecule has 5 aliphatic carbocycles. The summed E-state index contributed by atoms with van der Waals surface area (Å²) < 4.78 is 38.4. The molecule has 5 fully saturated rings. The second-order valence-electron chi connectivity index (χ2n) is 20.6. The molecular formula is C45H65Cl3O12. The van der Waals surface area contributed by atoms with Gasteiger partial charge in [0.05, 0.1) is 18.6 Å². The average Bonchev–Trinajstić information content (AvgIpc) is 3.14. The first-order chi connectivity index (χ1) is 27.7. The van der Waals surface area contributed by atoms with Crippen molar-refractivity contribution in [1.29, 1.82) is 0 Å². The minimum atomic E-state index is -2.52. The molecule has 4 saturated carbocycles. The molecule has 6 aliphatic rings. The molecule has 60 heavy (non-hydrogen) atoms. The van der Waals surface area contributed by atoms with Crippen LogP contribution in [0.3, 0.4) is 0 Å². The lowest BCUT2D eigenvalue weighted by Crippen LogP contribution is -2.66. The molecule has 14 atom stereocenters. The fourth-order valence-electron chi connectivity index (χ4n) is 13.5. The molecule has 15 heteroatoms. The summed E-state index contributed by atoms with van der Waals surface area (Å²) in [7, 11) is 1.50. The highest BCUT2D eigenvalue weighted by Crippen LogP contribution is 2.76. The van der Waals surface area contributed by atoms with Gasteiger partial charge in [0.2, 0.25) is 0 Å². The zero-order valence-electron chi connectivity index (χ0n) is 37.1. The highest BCUT2D eigenvalue weighted by Gasteiger charge is 2.69. The molecule has 0 radical (unpaired) electrons. The Labute approximate surface area is 370 Å². The number of carbonyl (C=O) groups is 5. The van der Waals surface area contributed by atoms with Gasteiger partial charge in [-0.2, -0.15) is 0 Å². The normalized spacial score (nSPS) is 43.3. The predicted octanol–water partition coefficient (Wildman–Crippen LogP) is 8.78. The van der Waals surface area contributed by atoms with Crippen LogP contribution in [0.1, 0.15) is 133 Å². The molecule has 0 spiro atoms. The topological polar surface area (TPSA) is 150 Å². The summed E-state index contributed by atoms with van der Waals surface area (Å²) in [6.07, 6.45) is 4.43. The van der Waals surface area contributed by atoms with Crippen LogP contribution in [0.2, 0.25) is 0 Å². The van der Waals surface area contributed by atoms with E-state index in [1.165, 1.54) is 14.0 Å². The van der Waals surface area contributed by atoms with Gasteiger partial charge in [-0.1, -0.05) is 88.0 Å². The van der Waals surface area contributed by atoms with Gasteiger partial charge in [0.15, 0.2) is 24.6 Å². The van der Waals surface area contributed by atoms with Crippen LogP contribution < -0.4 is 0 Å². The summed E-state index contributed by atoms with van der Waals surface area (Å²) in [6.45, 7) is 19.6. The van der Waals surface area contributed by atoms with Crippen molar-refractivity contribution in [1.82, 2.24) is 0 Å². The SMILES string of the molecule is COC(=O)[C@@]1(C)CC[C@]2(C)CC[C@]3(C)C(=CC[C@@H]4[C@@]5(C)CC[C@H](O[C@H]6O[C@H](COC(C)=O)[C@@H](OC(C)=O)[C@H](OC(C)=O)[C@H]6OC(=O)C(Cl)(Cl)Cl)C(C)(C)[C@@H]5CC[C@]43C)[C@@H]2C1. The molecule has 338 valence electrons. The smallest absolute Gasteiger partial charge is 0.359 e. The Bertz CT molecular complexity index is 1760. The minimum absolute atomic E-state index is 0.0163. The van der Waals surface area contributed by atoms with Gasteiger partial charge in [-0.15, -0.1) is 0 Å². The number of halogens is 3. The maximum atomic E-state index is 13.2. The van der Waals surface area contributed by atoms with Crippen molar-refractivity contribution in [3.05, 3.63) is 11.6 Å². The van der Waals surface area contributed by atoms with E-state index >= 15 is 0 Å². The quantitative estimate of drug-likeness (QED) is 0.0754. The summed E-state index contributed by atoms with van der Waals surface area (Å²) >= 11 is 17.9. The Morgan fingerprint density at radius 2 is 1.40 bits per heavy atom. The van der Waals surface area contributed by atoms with Crippen molar-refractivity contribution >= 4 is 64.6 Å². The molecule has 12 nitrogen and oxygen atoms in total. The van der Waals surface area contributed by atoms with Crippen molar-refractivity contribution in [2.75, 3.05) is 13.7 Å². The van der Waals surface area contributed by atoms with E-state index in [9.17, 15) is 24.0 Å². The fourth-order valence-corrected chi connectivity index (χ4v) is 13.6. The highest BCUT2D eigenvalue weighted by atomic mass is 35.6. The Balaban J connectivity index is 1.32. The molecule has 0 aromatic heterocycles. The molecule has 6 rings (SSSR count). The van der Waals surface area contributed by atoms with E-state index in [4.69, 9.17) is 68.0 Å². The number of hydrogen-bond acceptors (Lipinski definition) is 12. The Morgan fingerprint density at radius 3 is 2.00 bits per heavy atom. The van der Waals surface area contributed by atoms with Gasteiger partial charge in [0.1, 0.15) is 12.7 Å². The van der Waals surface area contributed by atoms with Crippen molar-refractivity contribution in [3.63, 3.8) is 0 Å². The molecule has 0 N–H and O–H groups in total. The van der Waals surface area contributed by atoms with E-state index in [1.807, 2.05) is 0 Å². The number of allylic oxidation sites excluding steroid dienone is 2. The molecule has 0 aromatic rings. The molecule has 0 bridgehead atoms. The summed E-state index contributed by atoms with van der Waals surface area (Å²) in [6, 6.07) is 0. The summed E-state index contributed by atoms with van der Waals surface area (Å²) in [5.74, 6) is -2.62. The van der Waals surface area contributed by atoms with Crippen LogP contribution in [0, 0.1) is 50.2 Å². The standard InChI is InChI=1S/C45H65Cl3O12/c1-24(49)55-23-29-33(56-25(2)50)34(57-26(3)51)35(60-38(53)45(46,47)48)36(58-29)59-32-15-16-42(8)30(39(32,4)5)14-17-44(10)31(42)13-12-27-28-22-41(7,37(52)54-11)19-18-40(28,6)20-21-43(27,44)9/h12,28-36H,13-23H2,1-11H3/t28-,29+,30-,31+,32-,33+,34-,35+,36+,40+,41-,42-,43+,44+/m0/s1. The summed E-state index contributed by atoms with van der Waals surface area (Å²) in [5.41, 5.74) is 0.671.